The van der Waals surface area contributed by atoms with E-state index in [9.17, 15) is 4.79 Å². The maximum atomic E-state index is 12.0. The number of carbonyl (C=O) groups excluding carboxylic acids is 1. The van der Waals surface area contributed by atoms with Crippen molar-refractivity contribution in [1.29, 1.82) is 0 Å². The molecule has 1 aromatic carbocycles. The summed E-state index contributed by atoms with van der Waals surface area (Å²) in [7, 11) is 0. The first-order valence-electron chi connectivity index (χ1n) is 10.2. The highest BCUT2D eigenvalue weighted by Gasteiger charge is 2.14. The molecular formula is C23H32N2O3. The third-order valence-corrected chi connectivity index (χ3v) is 4.83. The first-order chi connectivity index (χ1) is 13.5. The van der Waals surface area contributed by atoms with Crippen LogP contribution in [0.2, 0.25) is 0 Å². The van der Waals surface area contributed by atoms with Crippen LogP contribution in [0.4, 0.5) is 0 Å². The predicted molar refractivity (Wildman–Crippen MR) is 111 cm³/mol. The molecule has 28 heavy (non-hydrogen) atoms. The van der Waals surface area contributed by atoms with Gasteiger partial charge in [-0.2, -0.15) is 0 Å². The minimum absolute atomic E-state index is 0.105. The summed E-state index contributed by atoms with van der Waals surface area (Å²) in [4.78, 5) is 20.8. The Morgan fingerprint density at radius 1 is 1.07 bits per heavy atom. The fourth-order valence-electron chi connectivity index (χ4n) is 2.61. The Balaban J connectivity index is 1.90. The van der Waals surface area contributed by atoms with Crippen molar-refractivity contribution in [3.63, 3.8) is 0 Å². The lowest BCUT2D eigenvalue weighted by atomic mass is 9.96. The maximum absolute atomic E-state index is 12.0. The van der Waals surface area contributed by atoms with Crippen LogP contribution in [-0.4, -0.2) is 29.2 Å². The highest BCUT2D eigenvalue weighted by molar-refractivity contribution is 5.70. The van der Waals surface area contributed by atoms with E-state index in [1.807, 2.05) is 31.2 Å². The van der Waals surface area contributed by atoms with Gasteiger partial charge in [-0.3, -0.25) is 4.79 Å². The molecule has 0 spiro atoms. The molecule has 1 aromatic heterocycles. The molecule has 152 valence electrons. The van der Waals surface area contributed by atoms with Crippen LogP contribution < -0.4 is 4.74 Å². The van der Waals surface area contributed by atoms with Crippen LogP contribution in [-0.2, 0) is 9.53 Å². The number of ether oxygens (including phenoxy) is 2. The second-order valence-corrected chi connectivity index (χ2v) is 7.37. The number of hydrogen-bond acceptors (Lipinski definition) is 5. The molecule has 1 heterocycles. The number of benzene rings is 1. The monoisotopic (exact) mass is 384 g/mol. The number of carbonyl (C=O) groups is 1. The summed E-state index contributed by atoms with van der Waals surface area (Å²) in [6.07, 6.45) is 6.93. The molecule has 0 N–H and O–H groups in total. The molecule has 0 bridgehead atoms. The predicted octanol–water partition coefficient (Wildman–Crippen LogP) is 5.41. The van der Waals surface area contributed by atoms with Crippen LogP contribution in [0, 0.1) is 5.92 Å². The van der Waals surface area contributed by atoms with Gasteiger partial charge in [0.15, 0.2) is 11.6 Å². The van der Waals surface area contributed by atoms with Gasteiger partial charge in [-0.15, -0.1) is 0 Å². The van der Waals surface area contributed by atoms with E-state index >= 15 is 0 Å². The highest BCUT2D eigenvalue weighted by Crippen LogP contribution is 2.23. The number of nitrogens with zero attached hydrogens (tertiary/aromatic N) is 2. The molecule has 2 rings (SSSR count). The zero-order chi connectivity index (χ0) is 20.4. The summed E-state index contributed by atoms with van der Waals surface area (Å²) in [5.74, 6) is 1.72. The van der Waals surface area contributed by atoms with Gasteiger partial charge in [0.1, 0.15) is 0 Å². The summed E-state index contributed by atoms with van der Waals surface area (Å²) in [6, 6.07) is 8.03. The van der Waals surface area contributed by atoms with E-state index in [1.54, 1.807) is 12.4 Å². The van der Waals surface area contributed by atoms with E-state index in [1.165, 1.54) is 0 Å². The van der Waals surface area contributed by atoms with Crippen molar-refractivity contribution in [2.45, 2.75) is 59.3 Å². The van der Waals surface area contributed by atoms with Crippen molar-refractivity contribution in [2.24, 2.45) is 5.92 Å². The Kier molecular flexibility index (Phi) is 8.92. The van der Waals surface area contributed by atoms with Crippen LogP contribution in [0.1, 0.15) is 64.9 Å². The number of esters is 1. The molecule has 0 aliphatic carbocycles. The minimum Gasteiger partial charge on any atom is -0.490 e. The van der Waals surface area contributed by atoms with E-state index in [4.69, 9.17) is 9.47 Å². The van der Waals surface area contributed by atoms with E-state index in [0.717, 1.165) is 30.4 Å². The molecular weight excluding hydrogens is 352 g/mol. The molecule has 5 heteroatoms. The van der Waals surface area contributed by atoms with Crippen molar-refractivity contribution in [3.8, 4) is 17.1 Å². The van der Waals surface area contributed by atoms with Crippen molar-refractivity contribution in [1.82, 2.24) is 9.97 Å². The Morgan fingerprint density at radius 2 is 1.75 bits per heavy atom. The van der Waals surface area contributed by atoms with Gasteiger partial charge in [0, 0.05) is 5.56 Å². The third kappa shape index (κ3) is 6.95. The molecule has 0 amide bonds. The summed E-state index contributed by atoms with van der Waals surface area (Å²) in [6.45, 7) is 9.53. The zero-order valence-electron chi connectivity index (χ0n) is 17.5. The smallest absolute Gasteiger partial charge is 0.306 e. The molecule has 2 atom stereocenters. The van der Waals surface area contributed by atoms with Crippen molar-refractivity contribution in [2.75, 3.05) is 13.2 Å². The molecule has 2 aromatic rings. The van der Waals surface area contributed by atoms with Gasteiger partial charge in [-0.25, -0.2) is 9.97 Å². The average Bonchev–Trinajstić information content (AvgIpc) is 2.72. The van der Waals surface area contributed by atoms with Crippen LogP contribution in [0.15, 0.2) is 36.7 Å². The first-order valence-corrected chi connectivity index (χ1v) is 10.2. The van der Waals surface area contributed by atoms with Gasteiger partial charge in [-0.1, -0.05) is 64.8 Å². The minimum atomic E-state index is -0.140. The van der Waals surface area contributed by atoms with Gasteiger partial charge >= 0.3 is 5.97 Å². The number of rotatable bonds is 11. The van der Waals surface area contributed by atoms with Crippen molar-refractivity contribution < 1.29 is 14.3 Å². The summed E-state index contributed by atoms with van der Waals surface area (Å²) in [5, 5.41) is 0. The van der Waals surface area contributed by atoms with Crippen LogP contribution in [0.25, 0.3) is 11.4 Å². The van der Waals surface area contributed by atoms with Gasteiger partial charge < -0.3 is 9.47 Å². The van der Waals surface area contributed by atoms with Crippen molar-refractivity contribution >= 4 is 5.97 Å². The Hall–Kier alpha value is -2.43. The van der Waals surface area contributed by atoms with Crippen LogP contribution >= 0.6 is 0 Å². The first kappa shape index (κ1) is 21.9. The van der Waals surface area contributed by atoms with Gasteiger partial charge in [-0.05, 0) is 23.8 Å². The van der Waals surface area contributed by atoms with Crippen LogP contribution in [0.3, 0.4) is 0 Å². The lowest BCUT2D eigenvalue weighted by Crippen LogP contribution is -2.13. The zero-order valence-corrected chi connectivity index (χ0v) is 17.5. The second-order valence-electron chi connectivity index (χ2n) is 7.37. The number of unbranched alkanes of at least 4 members (excludes halogenated alkanes) is 1. The SMILES string of the molecule is CCCCOc1cnc(-c2ccc(C(C)CC(=O)OCC(C)CC)cc2)nc1. The topological polar surface area (TPSA) is 61.3 Å². The maximum Gasteiger partial charge on any atom is 0.306 e. The molecule has 0 saturated heterocycles. The van der Waals surface area contributed by atoms with Crippen LogP contribution in [0.5, 0.6) is 5.75 Å². The van der Waals surface area contributed by atoms with E-state index < -0.39 is 0 Å². The normalized spacial score (nSPS) is 13.0. The second kappa shape index (κ2) is 11.4. The highest BCUT2D eigenvalue weighted by atomic mass is 16.5. The molecule has 0 fully saturated rings. The Morgan fingerprint density at radius 3 is 2.36 bits per heavy atom. The van der Waals surface area contributed by atoms with E-state index in [0.29, 0.717) is 37.1 Å². The summed E-state index contributed by atoms with van der Waals surface area (Å²) in [5.41, 5.74) is 2.04. The molecule has 2 unspecified atom stereocenters. The Labute approximate surface area is 168 Å². The fourth-order valence-corrected chi connectivity index (χ4v) is 2.61. The standard InChI is InChI=1S/C23H32N2O3/c1-5-7-12-27-21-14-24-23(25-15-21)20-10-8-19(9-11-20)18(4)13-22(26)28-16-17(3)6-2/h8-11,14-15,17-18H,5-7,12-13,16H2,1-4H3. The molecule has 0 saturated carbocycles. The third-order valence-electron chi connectivity index (χ3n) is 4.83. The van der Waals surface area contributed by atoms with E-state index in [-0.39, 0.29) is 11.9 Å². The Bertz CT molecular complexity index is 714. The lowest BCUT2D eigenvalue weighted by Gasteiger charge is -2.14. The van der Waals surface area contributed by atoms with E-state index in [2.05, 4.69) is 30.7 Å². The largest absolute Gasteiger partial charge is 0.490 e. The van der Waals surface area contributed by atoms with Gasteiger partial charge in [0.2, 0.25) is 0 Å². The molecule has 5 nitrogen and oxygen atoms in total. The van der Waals surface area contributed by atoms with Gasteiger partial charge in [0.25, 0.3) is 0 Å². The molecule has 0 aliphatic heterocycles. The quantitative estimate of drug-likeness (QED) is 0.383. The average molecular weight is 385 g/mol. The summed E-state index contributed by atoms with van der Waals surface area (Å²) < 4.78 is 11.0. The molecule has 0 aliphatic rings. The number of aromatic nitrogens is 2. The summed E-state index contributed by atoms with van der Waals surface area (Å²) >= 11 is 0. The molecule has 0 radical (unpaired) electrons. The number of hydrogen-bond donors (Lipinski definition) is 0. The fraction of sp³-hybridized carbons (Fsp3) is 0.522. The van der Waals surface area contributed by atoms with Crippen molar-refractivity contribution in [3.05, 3.63) is 42.2 Å². The lowest BCUT2D eigenvalue weighted by molar-refractivity contribution is -0.145. The van der Waals surface area contributed by atoms with Gasteiger partial charge in [0.05, 0.1) is 32.0 Å².